The number of allylic oxidation sites excluding steroid dienone is 1. The van der Waals surface area contributed by atoms with Gasteiger partial charge >= 0.3 is 11.9 Å². The minimum atomic E-state index is -0.245. The highest BCUT2D eigenvalue weighted by Crippen LogP contribution is 2.64. The van der Waals surface area contributed by atoms with E-state index < -0.39 is 0 Å². The van der Waals surface area contributed by atoms with Crippen molar-refractivity contribution in [3.8, 4) is 0 Å². The van der Waals surface area contributed by atoms with Crippen LogP contribution in [0.4, 0.5) is 0 Å². The van der Waals surface area contributed by atoms with Crippen LogP contribution in [0.3, 0.4) is 0 Å². The van der Waals surface area contributed by atoms with Crippen LogP contribution < -0.4 is 0 Å². The molecule has 5 heteroatoms. The lowest BCUT2D eigenvalue weighted by Gasteiger charge is -2.56. The first kappa shape index (κ1) is 19.7. The smallest absolute Gasteiger partial charge is 0.302 e. The van der Waals surface area contributed by atoms with Gasteiger partial charge in [0, 0.05) is 31.6 Å². The molecule has 3 fully saturated rings. The van der Waals surface area contributed by atoms with E-state index in [0.29, 0.717) is 12.3 Å². The molecule has 3 saturated carbocycles. The number of carbonyl (C=O) groups excluding carboxylic acids is 3. The summed E-state index contributed by atoms with van der Waals surface area (Å²) in [5.41, 5.74) is 1.09. The van der Waals surface area contributed by atoms with Crippen molar-refractivity contribution in [2.75, 3.05) is 0 Å². The molecule has 0 aromatic carbocycles. The molecule has 7 atom stereocenters. The summed E-state index contributed by atoms with van der Waals surface area (Å²) < 4.78 is 11.1. The zero-order valence-electron chi connectivity index (χ0n) is 17.5. The summed E-state index contributed by atoms with van der Waals surface area (Å²) >= 11 is 0. The Morgan fingerprint density at radius 2 is 1.68 bits per heavy atom. The molecule has 0 bridgehead atoms. The lowest BCUT2D eigenvalue weighted by Crippen LogP contribution is -2.54. The van der Waals surface area contributed by atoms with Crippen LogP contribution in [0.25, 0.3) is 0 Å². The first-order valence-electron chi connectivity index (χ1n) is 10.7. The highest BCUT2D eigenvalue weighted by molar-refractivity contribution is 5.94. The molecular formula is C23H32O5. The van der Waals surface area contributed by atoms with Gasteiger partial charge in [0.15, 0.2) is 5.78 Å². The summed E-state index contributed by atoms with van der Waals surface area (Å²) in [4.78, 5) is 36.2. The monoisotopic (exact) mass is 388 g/mol. The molecule has 0 N–H and O–H groups in total. The van der Waals surface area contributed by atoms with E-state index in [9.17, 15) is 14.4 Å². The topological polar surface area (TPSA) is 69.7 Å². The minimum Gasteiger partial charge on any atom is -0.462 e. The first-order chi connectivity index (χ1) is 13.1. The van der Waals surface area contributed by atoms with E-state index >= 15 is 0 Å². The molecule has 5 unspecified atom stereocenters. The average Bonchev–Trinajstić information content (AvgIpc) is 2.92. The molecule has 0 aromatic rings. The van der Waals surface area contributed by atoms with Crippen LogP contribution in [0, 0.1) is 28.6 Å². The molecule has 0 aromatic heterocycles. The molecule has 0 saturated heterocycles. The molecule has 4 aliphatic rings. The SMILES string of the molecule is CC(=O)OC1CC[C@@]2(C)C(=CC(=O)C3C4CCC(OC(C)=O)[C@@]4(C)CCC32)C1. The minimum absolute atomic E-state index is 0.01000. The second-order valence-electron chi connectivity index (χ2n) is 9.92. The van der Waals surface area contributed by atoms with E-state index in [4.69, 9.17) is 9.47 Å². The zero-order valence-corrected chi connectivity index (χ0v) is 17.5. The summed E-state index contributed by atoms with van der Waals surface area (Å²) in [6.07, 6.45) is 8.02. The van der Waals surface area contributed by atoms with E-state index in [-0.39, 0.29) is 52.6 Å². The first-order valence-corrected chi connectivity index (χ1v) is 10.7. The van der Waals surface area contributed by atoms with E-state index in [0.717, 1.165) is 38.5 Å². The van der Waals surface area contributed by atoms with Gasteiger partial charge in [-0.05, 0) is 61.9 Å². The molecule has 0 amide bonds. The van der Waals surface area contributed by atoms with Crippen LogP contribution in [-0.2, 0) is 23.9 Å². The van der Waals surface area contributed by atoms with Crippen molar-refractivity contribution in [1.82, 2.24) is 0 Å². The van der Waals surface area contributed by atoms with Gasteiger partial charge in [0.2, 0.25) is 0 Å². The summed E-state index contributed by atoms with van der Waals surface area (Å²) in [5.74, 6) is 0.419. The normalized spacial score (nSPS) is 44.6. The molecule has 0 aliphatic heterocycles. The van der Waals surface area contributed by atoms with Gasteiger partial charge in [0.1, 0.15) is 12.2 Å². The van der Waals surface area contributed by atoms with Crippen molar-refractivity contribution in [3.05, 3.63) is 11.6 Å². The number of hydrogen-bond acceptors (Lipinski definition) is 5. The molecule has 4 rings (SSSR count). The van der Waals surface area contributed by atoms with Crippen LogP contribution in [0.2, 0.25) is 0 Å². The molecule has 0 heterocycles. The Balaban J connectivity index is 1.62. The second-order valence-corrected chi connectivity index (χ2v) is 9.92. The largest absolute Gasteiger partial charge is 0.462 e. The van der Waals surface area contributed by atoms with Gasteiger partial charge in [-0.25, -0.2) is 0 Å². The average molecular weight is 389 g/mol. The Labute approximate surface area is 167 Å². The van der Waals surface area contributed by atoms with Crippen LogP contribution in [-0.4, -0.2) is 29.9 Å². The number of esters is 2. The number of ether oxygens (including phenoxy) is 2. The Kier molecular flexibility index (Phi) is 4.71. The van der Waals surface area contributed by atoms with Gasteiger partial charge in [-0.1, -0.05) is 19.4 Å². The maximum atomic E-state index is 13.3. The fraction of sp³-hybridized carbons (Fsp3) is 0.783. The lowest BCUT2D eigenvalue weighted by molar-refractivity contribution is -0.158. The maximum absolute atomic E-state index is 13.3. The summed E-state index contributed by atoms with van der Waals surface area (Å²) in [7, 11) is 0. The van der Waals surface area contributed by atoms with E-state index in [1.165, 1.54) is 19.4 Å². The van der Waals surface area contributed by atoms with Gasteiger partial charge in [-0.2, -0.15) is 0 Å². The quantitative estimate of drug-likeness (QED) is 0.669. The molecule has 5 nitrogen and oxygen atoms in total. The molecular weight excluding hydrogens is 356 g/mol. The molecule has 154 valence electrons. The van der Waals surface area contributed by atoms with Crippen LogP contribution >= 0.6 is 0 Å². The van der Waals surface area contributed by atoms with Crippen LogP contribution in [0.15, 0.2) is 11.6 Å². The molecule has 0 radical (unpaired) electrons. The summed E-state index contributed by atoms with van der Waals surface area (Å²) in [6, 6.07) is 0. The predicted octanol–water partition coefficient (Wildman–Crippen LogP) is 3.99. The summed E-state index contributed by atoms with van der Waals surface area (Å²) in [6.45, 7) is 7.46. The van der Waals surface area contributed by atoms with Gasteiger partial charge in [0.05, 0.1) is 0 Å². The molecule has 0 spiro atoms. The number of ketones is 1. The third-order valence-corrected chi connectivity index (χ3v) is 8.45. The van der Waals surface area contributed by atoms with Gasteiger partial charge in [0.25, 0.3) is 0 Å². The van der Waals surface area contributed by atoms with Crippen molar-refractivity contribution in [1.29, 1.82) is 0 Å². The molecule has 4 aliphatic carbocycles. The second kappa shape index (κ2) is 6.70. The van der Waals surface area contributed by atoms with Gasteiger partial charge in [-0.15, -0.1) is 0 Å². The zero-order chi connectivity index (χ0) is 20.3. The fourth-order valence-electron chi connectivity index (χ4n) is 7.05. The highest BCUT2D eigenvalue weighted by atomic mass is 16.5. The predicted molar refractivity (Wildman–Crippen MR) is 103 cm³/mol. The maximum Gasteiger partial charge on any atom is 0.302 e. The van der Waals surface area contributed by atoms with Gasteiger partial charge < -0.3 is 9.47 Å². The number of fused-ring (bicyclic) bond motifs is 5. The van der Waals surface area contributed by atoms with Crippen LogP contribution in [0.5, 0.6) is 0 Å². The van der Waals surface area contributed by atoms with E-state index in [1.807, 2.05) is 6.08 Å². The fourth-order valence-corrected chi connectivity index (χ4v) is 7.05. The lowest BCUT2D eigenvalue weighted by atomic mass is 9.47. The third-order valence-electron chi connectivity index (χ3n) is 8.45. The van der Waals surface area contributed by atoms with Crippen molar-refractivity contribution < 1.29 is 23.9 Å². The van der Waals surface area contributed by atoms with Gasteiger partial charge in [-0.3, -0.25) is 14.4 Å². The molecule has 28 heavy (non-hydrogen) atoms. The van der Waals surface area contributed by atoms with Crippen molar-refractivity contribution in [3.63, 3.8) is 0 Å². The number of rotatable bonds is 2. The van der Waals surface area contributed by atoms with Crippen molar-refractivity contribution in [2.45, 2.75) is 84.8 Å². The van der Waals surface area contributed by atoms with Crippen LogP contribution in [0.1, 0.15) is 72.6 Å². The third kappa shape index (κ3) is 2.93. The van der Waals surface area contributed by atoms with E-state index in [2.05, 4.69) is 13.8 Å². The van der Waals surface area contributed by atoms with Crippen molar-refractivity contribution in [2.24, 2.45) is 28.6 Å². The Morgan fingerprint density at radius 3 is 2.36 bits per heavy atom. The Hall–Kier alpha value is -1.65. The number of hydrogen-bond donors (Lipinski definition) is 0. The van der Waals surface area contributed by atoms with Crippen molar-refractivity contribution >= 4 is 17.7 Å². The highest BCUT2D eigenvalue weighted by Gasteiger charge is 2.61. The Bertz CT molecular complexity index is 739. The van der Waals surface area contributed by atoms with E-state index in [1.54, 1.807) is 0 Å². The standard InChI is InChI=1S/C23H32O5/c1-13(24)27-16-7-9-22(3)15(11-16)12-19(26)21-17-5-6-20(28-14(2)25)23(17,4)10-8-18(21)22/h12,16-18,20-21H,5-11H2,1-4H3/t16?,17?,18?,20?,21?,22-,23-/m0/s1. The summed E-state index contributed by atoms with van der Waals surface area (Å²) in [5, 5.41) is 0. The Morgan fingerprint density at radius 1 is 0.964 bits per heavy atom. The number of carbonyl (C=O) groups is 3.